The fourth-order valence-corrected chi connectivity index (χ4v) is 4.49. The maximum absolute atomic E-state index is 12.2. The van der Waals surface area contributed by atoms with E-state index < -0.39 is 0 Å². The molecule has 2 aromatic rings. The van der Waals surface area contributed by atoms with E-state index in [2.05, 4.69) is 50.5 Å². The predicted octanol–water partition coefficient (Wildman–Crippen LogP) is 4.17. The number of rotatable bonds is 6. The Bertz CT molecular complexity index is 804. The molecule has 1 N–H and O–H groups in total. The van der Waals surface area contributed by atoms with Gasteiger partial charge in [-0.3, -0.25) is 4.79 Å². The van der Waals surface area contributed by atoms with Crippen molar-refractivity contribution in [1.29, 1.82) is 5.26 Å². The Kier molecular flexibility index (Phi) is 7.71. The average molecular weight is 558 g/mol. The van der Waals surface area contributed by atoms with Crippen molar-refractivity contribution in [2.24, 2.45) is 0 Å². The van der Waals surface area contributed by atoms with Gasteiger partial charge in [0.25, 0.3) is 5.91 Å². The van der Waals surface area contributed by atoms with Crippen molar-refractivity contribution < 1.29 is 9.53 Å². The Balaban J connectivity index is 2.07. The van der Waals surface area contributed by atoms with Gasteiger partial charge >= 0.3 is 0 Å². The van der Waals surface area contributed by atoms with E-state index in [4.69, 9.17) is 4.74 Å². The number of hydrogen-bond acceptors (Lipinski definition) is 3. The molecule has 0 heterocycles. The Morgan fingerprint density at radius 1 is 1.24 bits per heavy atom. The number of halogens is 2. The largest absolute Gasteiger partial charge is 0.495 e. The second kappa shape index (κ2) is 9.77. The maximum atomic E-state index is 12.2. The molecule has 0 aliphatic heterocycles. The molecule has 0 saturated carbocycles. The molecule has 0 spiro atoms. The Hall–Kier alpha value is -1.60. The van der Waals surface area contributed by atoms with Gasteiger partial charge in [-0.1, -0.05) is 30.3 Å². The van der Waals surface area contributed by atoms with Gasteiger partial charge in [0.05, 0.1) is 14.3 Å². The SMILES string of the molecule is COc1c(I)cc(/C=C(\C#N)C(=O)NCCc2ccccc2)cc1I. The summed E-state index contributed by atoms with van der Waals surface area (Å²) in [6, 6.07) is 15.6. The number of benzene rings is 2. The van der Waals surface area contributed by atoms with Crippen LogP contribution in [-0.2, 0) is 11.2 Å². The van der Waals surface area contributed by atoms with E-state index >= 15 is 0 Å². The van der Waals surface area contributed by atoms with Crippen molar-refractivity contribution in [2.75, 3.05) is 13.7 Å². The molecule has 1 amide bonds. The molecule has 128 valence electrons. The lowest BCUT2D eigenvalue weighted by Gasteiger charge is -2.08. The van der Waals surface area contributed by atoms with Gasteiger partial charge in [0.15, 0.2) is 0 Å². The van der Waals surface area contributed by atoms with Crippen molar-refractivity contribution in [3.8, 4) is 11.8 Å². The van der Waals surface area contributed by atoms with Gasteiger partial charge in [-0.15, -0.1) is 0 Å². The third kappa shape index (κ3) is 5.71. The van der Waals surface area contributed by atoms with Gasteiger partial charge in [-0.05, 0) is 80.9 Å². The van der Waals surface area contributed by atoms with Crippen LogP contribution in [0.15, 0.2) is 48.0 Å². The van der Waals surface area contributed by atoms with Crippen LogP contribution in [0.1, 0.15) is 11.1 Å². The lowest BCUT2D eigenvalue weighted by Crippen LogP contribution is -2.26. The van der Waals surface area contributed by atoms with Crippen LogP contribution in [0.2, 0.25) is 0 Å². The first-order valence-corrected chi connectivity index (χ1v) is 9.68. The minimum absolute atomic E-state index is 0.0878. The zero-order chi connectivity index (χ0) is 18.2. The molecule has 0 radical (unpaired) electrons. The normalized spacial score (nSPS) is 10.9. The Morgan fingerprint density at radius 3 is 2.44 bits per heavy atom. The third-order valence-corrected chi connectivity index (χ3v) is 5.05. The first kappa shape index (κ1) is 19.7. The number of ether oxygens (including phenoxy) is 1. The van der Waals surface area contributed by atoms with Crippen LogP contribution in [0.3, 0.4) is 0 Å². The van der Waals surface area contributed by atoms with Gasteiger partial charge in [0.1, 0.15) is 17.4 Å². The summed E-state index contributed by atoms with van der Waals surface area (Å²) in [7, 11) is 1.62. The quantitative estimate of drug-likeness (QED) is 0.329. The monoisotopic (exact) mass is 558 g/mol. The van der Waals surface area contributed by atoms with Gasteiger partial charge in [-0.25, -0.2) is 0 Å². The molecule has 0 fully saturated rings. The van der Waals surface area contributed by atoms with Gasteiger partial charge in [0, 0.05) is 6.54 Å². The molecule has 0 saturated heterocycles. The highest BCUT2D eigenvalue weighted by Crippen LogP contribution is 2.29. The number of nitrogens with one attached hydrogen (secondary N) is 1. The topological polar surface area (TPSA) is 62.1 Å². The highest BCUT2D eigenvalue weighted by atomic mass is 127. The number of amides is 1. The lowest BCUT2D eigenvalue weighted by atomic mass is 10.1. The van der Waals surface area contributed by atoms with Crippen molar-refractivity contribution >= 4 is 57.2 Å². The second-order valence-electron chi connectivity index (χ2n) is 5.18. The Labute approximate surface area is 174 Å². The van der Waals surface area contributed by atoms with E-state index in [0.29, 0.717) is 6.54 Å². The van der Waals surface area contributed by atoms with Crippen molar-refractivity contribution in [3.63, 3.8) is 0 Å². The third-order valence-electron chi connectivity index (χ3n) is 3.44. The van der Waals surface area contributed by atoms with Crippen LogP contribution in [-0.4, -0.2) is 19.6 Å². The first-order valence-electron chi connectivity index (χ1n) is 7.52. The molecule has 0 bridgehead atoms. The molecule has 2 aromatic carbocycles. The summed E-state index contributed by atoms with van der Waals surface area (Å²) < 4.78 is 7.19. The molecule has 6 heteroatoms. The fraction of sp³-hybridized carbons (Fsp3) is 0.158. The molecule has 0 atom stereocenters. The first-order chi connectivity index (χ1) is 12.0. The number of methoxy groups -OCH3 is 1. The van der Waals surface area contributed by atoms with E-state index in [0.717, 1.165) is 30.4 Å². The number of hydrogen-bond donors (Lipinski definition) is 1. The molecule has 2 rings (SSSR count). The maximum Gasteiger partial charge on any atom is 0.261 e. The van der Waals surface area contributed by atoms with E-state index in [-0.39, 0.29) is 11.5 Å². The molecule has 4 nitrogen and oxygen atoms in total. The van der Waals surface area contributed by atoms with Gasteiger partial charge < -0.3 is 10.1 Å². The molecule has 0 aliphatic rings. The van der Waals surface area contributed by atoms with Crippen molar-refractivity contribution in [3.05, 3.63) is 66.3 Å². The molecule has 0 aliphatic carbocycles. The summed E-state index contributed by atoms with van der Waals surface area (Å²) in [5.74, 6) is 0.434. The summed E-state index contributed by atoms with van der Waals surface area (Å²) >= 11 is 4.35. The summed E-state index contributed by atoms with van der Waals surface area (Å²) in [6.07, 6.45) is 2.32. The van der Waals surface area contributed by atoms with Gasteiger partial charge in [-0.2, -0.15) is 5.26 Å². The molecule has 25 heavy (non-hydrogen) atoms. The Morgan fingerprint density at radius 2 is 1.88 bits per heavy atom. The van der Waals surface area contributed by atoms with Crippen LogP contribution in [0.4, 0.5) is 0 Å². The highest BCUT2D eigenvalue weighted by Gasteiger charge is 2.11. The number of nitriles is 1. The van der Waals surface area contributed by atoms with Crippen LogP contribution in [0.25, 0.3) is 6.08 Å². The van der Waals surface area contributed by atoms with Gasteiger partial charge in [0.2, 0.25) is 0 Å². The van der Waals surface area contributed by atoms with E-state index in [1.165, 1.54) is 0 Å². The molecule has 0 unspecified atom stereocenters. The van der Waals surface area contributed by atoms with E-state index in [1.54, 1.807) is 13.2 Å². The molecular formula is C19H16I2N2O2. The summed E-state index contributed by atoms with van der Waals surface area (Å²) in [4.78, 5) is 12.2. The van der Waals surface area contributed by atoms with Crippen molar-refractivity contribution in [2.45, 2.75) is 6.42 Å². The lowest BCUT2D eigenvalue weighted by molar-refractivity contribution is -0.117. The summed E-state index contributed by atoms with van der Waals surface area (Å²) in [5.41, 5.74) is 2.03. The smallest absolute Gasteiger partial charge is 0.261 e. The minimum Gasteiger partial charge on any atom is -0.495 e. The minimum atomic E-state index is -0.362. The van der Waals surface area contributed by atoms with Crippen LogP contribution < -0.4 is 10.1 Å². The fourth-order valence-electron chi connectivity index (χ4n) is 2.23. The van der Waals surface area contributed by atoms with Crippen LogP contribution >= 0.6 is 45.2 Å². The van der Waals surface area contributed by atoms with Crippen LogP contribution in [0, 0.1) is 18.5 Å². The molecular weight excluding hydrogens is 542 g/mol. The van der Waals surface area contributed by atoms with E-state index in [9.17, 15) is 10.1 Å². The van der Waals surface area contributed by atoms with E-state index in [1.807, 2.05) is 48.5 Å². The zero-order valence-electron chi connectivity index (χ0n) is 13.6. The standard InChI is InChI=1S/C19H16I2N2O2/c1-25-18-16(20)10-14(11-17(18)21)9-15(12-22)19(24)23-8-7-13-5-3-2-4-6-13/h2-6,9-11H,7-8H2,1H3,(H,23,24)/b15-9+. The predicted molar refractivity (Wildman–Crippen MR) is 115 cm³/mol. The highest BCUT2D eigenvalue weighted by molar-refractivity contribution is 14.1. The number of nitrogens with zero attached hydrogens (tertiary/aromatic N) is 1. The zero-order valence-corrected chi connectivity index (χ0v) is 17.9. The van der Waals surface area contributed by atoms with Crippen LogP contribution in [0.5, 0.6) is 5.75 Å². The number of carbonyl (C=O) groups excluding carboxylic acids is 1. The average Bonchev–Trinajstić information content (AvgIpc) is 2.60. The molecule has 0 aromatic heterocycles. The number of carbonyl (C=O) groups is 1. The summed E-state index contributed by atoms with van der Waals surface area (Å²) in [6.45, 7) is 0.486. The second-order valence-corrected chi connectivity index (χ2v) is 7.50. The summed E-state index contributed by atoms with van der Waals surface area (Å²) in [5, 5.41) is 12.1. The van der Waals surface area contributed by atoms with Crippen molar-refractivity contribution in [1.82, 2.24) is 5.32 Å².